The summed E-state index contributed by atoms with van der Waals surface area (Å²) in [6, 6.07) is 0. The van der Waals surface area contributed by atoms with Gasteiger partial charge in [0.15, 0.2) is 5.82 Å². The zero-order valence-electron chi connectivity index (χ0n) is 10.6. The van der Waals surface area contributed by atoms with Crippen LogP contribution in [0.4, 0.5) is 13.2 Å². The lowest BCUT2D eigenvalue weighted by Crippen LogP contribution is -2.34. The molecule has 1 aromatic heterocycles. The lowest BCUT2D eigenvalue weighted by molar-refractivity contribution is -0.147. The van der Waals surface area contributed by atoms with Gasteiger partial charge < -0.3 is 10.3 Å². The third-order valence-corrected chi connectivity index (χ3v) is 2.25. The van der Waals surface area contributed by atoms with Crippen LogP contribution in [-0.2, 0) is 12.1 Å². The maximum atomic E-state index is 12.3. The van der Waals surface area contributed by atoms with Crippen LogP contribution in [0.2, 0.25) is 0 Å². The van der Waals surface area contributed by atoms with E-state index in [1.165, 1.54) is 4.90 Å². The smallest absolute Gasteiger partial charge is 0.338 e. The molecule has 104 valence electrons. The predicted molar refractivity (Wildman–Crippen MR) is 58.5 cm³/mol. The first-order valence-corrected chi connectivity index (χ1v) is 5.53. The average molecular weight is 266 g/mol. The van der Waals surface area contributed by atoms with Crippen molar-refractivity contribution in [3.63, 3.8) is 0 Å². The van der Waals surface area contributed by atoms with E-state index in [0.717, 1.165) is 0 Å². The van der Waals surface area contributed by atoms with Crippen molar-refractivity contribution in [1.29, 1.82) is 0 Å². The van der Waals surface area contributed by atoms with Crippen LogP contribution in [0.5, 0.6) is 0 Å². The highest BCUT2D eigenvalue weighted by molar-refractivity contribution is 4.99. The summed E-state index contributed by atoms with van der Waals surface area (Å²) < 4.78 is 41.7. The molecule has 0 spiro atoms. The summed E-state index contributed by atoms with van der Waals surface area (Å²) in [7, 11) is 0. The van der Waals surface area contributed by atoms with Gasteiger partial charge in [-0.1, -0.05) is 12.1 Å². The Hall–Kier alpha value is -1.15. The maximum Gasteiger partial charge on any atom is 0.401 e. The van der Waals surface area contributed by atoms with Crippen molar-refractivity contribution < 1.29 is 17.7 Å². The Morgan fingerprint density at radius 3 is 2.33 bits per heavy atom. The second-order valence-corrected chi connectivity index (χ2v) is 4.65. The largest absolute Gasteiger partial charge is 0.401 e. The number of nitrogens with zero attached hydrogens (tertiary/aromatic N) is 3. The van der Waals surface area contributed by atoms with E-state index >= 15 is 0 Å². The van der Waals surface area contributed by atoms with Gasteiger partial charge in [-0.25, -0.2) is 0 Å². The fourth-order valence-corrected chi connectivity index (χ4v) is 1.31. The fourth-order valence-electron chi connectivity index (χ4n) is 1.31. The van der Waals surface area contributed by atoms with Crippen molar-refractivity contribution in [2.45, 2.75) is 39.0 Å². The van der Waals surface area contributed by atoms with Crippen molar-refractivity contribution in [3.05, 3.63) is 11.7 Å². The van der Waals surface area contributed by atoms with E-state index in [-0.39, 0.29) is 24.8 Å². The third-order valence-electron chi connectivity index (χ3n) is 2.25. The molecular weight excluding hydrogens is 249 g/mol. The summed E-state index contributed by atoms with van der Waals surface area (Å²) in [5, 5.41) is 3.65. The van der Waals surface area contributed by atoms with Gasteiger partial charge in [-0.3, -0.25) is 4.90 Å². The summed E-state index contributed by atoms with van der Waals surface area (Å²) in [6.45, 7) is 4.20. The number of aromatic nitrogens is 2. The van der Waals surface area contributed by atoms with Gasteiger partial charge in [-0.15, -0.1) is 0 Å². The topological polar surface area (TPSA) is 68.2 Å². The molecule has 0 aliphatic heterocycles. The first-order chi connectivity index (χ1) is 8.12. The van der Waals surface area contributed by atoms with E-state index in [0.29, 0.717) is 0 Å². The van der Waals surface area contributed by atoms with E-state index in [2.05, 4.69) is 10.1 Å². The maximum absolute atomic E-state index is 12.3. The number of rotatable bonds is 5. The Kier molecular flexibility index (Phi) is 4.33. The van der Waals surface area contributed by atoms with Crippen LogP contribution in [0.1, 0.15) is 32.5 Å². The van der Waals surface area contributed by atoms with Gasteiger partial charge >= 0.3 is 6.18 Å². The van der Waals surface area contributed by atoms with Gasteiger partial charge in [0.2, 0.25) is 5.89 Å². The molecule has 0 saturated carbocycles. The Balaban J connectivity index is 2.68. The SMILES string of the molecule is CCN(Cc1nc(C(C)(C)N)no1)CC(F)(F)F. The van der Waals surface area contributed by atoms with Crippen LogP contribution < -0.4 is 5.73 Å². The van der Waals surface area contributed by atoms with Crippen LogP contribution in [0.15, 0.2) is 4.52 Å². The van der Waals surface area contributed by atoms with Gasteiger partial charge in [0.25, 0.3) is 0 Å². The molecule has 18 heavy (non-hydrogen) atoms. The first kappa shape index (κ1) is 14.9. The number of halogens is 3. The van der Waals surface area contributed by atoms with Crippen LogP contribution >= 0.6 is 0 Å². The van der Waals surface area contributed by atoms with Crippen LogP contribution in [0.3, 0.4) is 0 Å². The quantitative estimate of drug-likeness (QED) is 0.877. The molecule has 0 unspecified atom stereocenters. The monoisotopic (exact) mass is 266 g/mol. The molecule has 0 atom stereocenters. The predicted octanol–water partition coefficient (Wildman–Crippen LogP) is 1.65. The van der Waals surface area contributed by atoms with Crippen molar-refractivity contribution in [2.75, 3.05) is 13.1 Å². The average Bonchev–Trinajstić information content (AvgIpc) is 2.62. The molecule has 2 N–H and O–H groups in total. The number of nitrogens with two attached hydrogens (primary N) is 1. The van der Waals surface area contributed by atoms with Gasteiger partial charge in [0.05, 0.1) is 18.6 Å². The van der Waals surface area contributed by atoms with Crippen LogP contribution in [0, 0.1) is 0 Å². The molecule has 1 rings (SSSR count). The Morgan fingerprint density at radius 1 is 1.33 bits per heavy atom. The van der Waals surface area contributed by atoms with Gasteiger partial charge in [-0.2, -0.15) is 18.2 Å². The van der Waals surface area contributed by atoms with E-state index in [4.69, 9.17) is 10.3 Å². The summed E-state index contributed by atoms with van der Waals surface area (Å²) in [5.41, 5.74) is 4.98. The summed E-state index contributed by atoms with van der Waals surface area (Å²) >= 11 is 0. The van der Waals surface area contributed by atoms with Gasteiger partial charge in [-0.05, 0) is 20.4 Å². The minimum Gasteiger partial charge on any atom is -0.338 e. The van der Waals surface area contributed by atoms with Gasteiger partial charge in [0, 0.05) is 0 Å². The molecule has 0 aliphatic carbocycles. The molecule has 0 radical (unpaired) electrons. The highest BCUT2D eigenvalue weighted by atomic mass is 19.4. The lowest BCUT2D eigenvalue weighted by atomic mass is 10.1. The zero-order valence-corrected chi connectivity index (χ0v) is 10.6. The minimum absolute atomic E-state index is 0.0426. The van der Waals surface area contributed by atoms with E-state index < -0.39 is 18.3 Å². The second-order valence-electron chi connectivity index (χ2n) is 4.65. The molecule has 0 saturated heterocycles. The van der Waals surface area contributed by atoms with Crippen LogP contribution in [0.25, 0.3) is 0 Å². The summed E-state index contributed by atoms with van der Waals surface area (Å²) in [4.78, 5) is 5.15. The standard InChI is InChI=1S/C10H17F3N4O/c1-4-17(6-10(11,12)13)5-7-15-8(16-18-7)9(2,3)14/h4-6,14H2,1-3H3. The lowest BCUT2D eigenvalue weighted by Gasteiger charge is -2.19. The molecule has 0 bridgehead atoms. The van der Waals surface area contributed by atoms with E-state index in [9.17, 15) is 13.2 Å². The highest BCUT2D eigenvalue weighted by Crippen LogP contribution is 2.18. The Labute approximate surface area is 103 Å². The summed E-state index contributed by atoms with van der Waals surface area (Å²) in [6.07, 6.45) is -4.24. The zero-order chi connectivity index (χ0) is 14.0. The Morgan fingerprint density at radius 2 is 1.94 bits per heavy atom. The third kappa shape index (κ3) is 4.61. The second kappa shape index (κ2) is 5.23. The Bertz CT molecular complexity index is 383. The molecular formula is C10H17F3N4O. The number of alkyl halides is 3. The van der Waals surface area contributed by atoms with Crippen molar-refractivity contribution in [1.82, 2.24) is 15.0 Å². The molecule has 8 heteroatoms. The number of hydrogen-bond donors (Lipinski definition) is 1. The molecule has 0 fully saturated rings. The molecule has 0 amide bonds. The molecule has 0 aromatic carbocycles. The highest BCUT2D eigenvalue weighted by Gasteiger charge is 2.31. The van der Waals surface area contributed by atoms with Crippen molar-refractivity contribution in [2.24, 2.45) is 5.73 Å². The molecule has 5 nitrogen and oxygen atoms in total. The molecule has 1 heterocycles. The van der Waals surface area contributed by atoms with E-state index in [1.54, 1.807) is 20.8 Å². The minimum atomic E-state index is -4.24. The normalized spacial score (nSPS) is 13.3. The molecule has 0 aliphatic rings. The van der Waals surface area contributed by atoms with Crippen LogP contribution in [-0.4, -0.2) is 34.3 Å². The van der Waals surface area contributed by atoms with Gasteiger partial charge in [0.1, 0.15) is 0 Å². The number of hydrogen-bond acceptors (Lipinski definition) is 5. The van der Waals surface area contributed by atoms with Crippen molar-refractivity contribution >= 4 is 0 Å². The molecule has 1 aromatic rings. The van der Waals surface area contributed by atoms with Crippen molar-refractivity contribution in [3.8, 4) is 0 Å². The first-order valence-electron chi connectivity index (χ1n) is 5.53. The summed E-state index contributed by atoms with van der Waals surface area (Å²) in [5.74, 6) is 0.412. The fraction of sp³-hybridized carbons (Fsp3) is 0.800. The van der Waals surface area contributed by atoms with E-state index in [1.807, 2.05) is 0 Å².